The second kappa shape index (κ2) is 7.80. The fourth-order valence-electron chi connectivity index (χ4n) is 1.71. The van der Waals surface area contributed by atoms with Gasteiger partial charge in [-0.05, 0) is 12.8 Å². The summed E-state index contributed by atoms with van der Waals surface area (Å²) in [6, 6.07) is 0. The summed E-state index contributed by atoms with van der Waals surface area (Å²) in [5, 5.41) is 2.94. The standard InChI is InChI=1S/C13H19F3N4O/c1-3-5-18-11-8-17-7-10(19-11)12(21)20(6-4-2)9-13(14,15)16/h7-8H,3-6,9H2,1-2H3,(H,18,19). The monoisotopic (exact) mass is 304 g/mol. The number of hydrogen-bond donors (Lipinski definition) is 1. The maximum atomic E-state index is 12.5. The van der Waals surface area contributed by atoms with E-state index in [1.54, 1.807) is 6.92 Å². The molecule has 0 aliphatic carbocycles. The van der Waals surface area contributed by atoms with Gasteiger partial charge < -0.3 is 10.2 Å². The maximum Gasteiger partial charge on any atom is 0.406 e. The molecule has 1 rings (SSSR count). The van der Waals surface area contributed by atoms with Gasteiger partial charge in [-0.3, -0.25) is 9.78 Å². The van der Waals surface area contributed by atoms with E-state index in [2.05, 4.69) is 15.3 Å². The molecule has 0 aliphatic rings. The Morgan fingerprint density at radius 3 is 2.57 bits per heavy atom. The first kappa shape index (κ1) is 17.2. The van der Waals surface area contributed by atoms with Gasteiger partial charge >= 0.3 is 6.18 Å². The summed E-state index contributed by atoms with van der Waals surface area (Å²) in [6.45, 7) is 3.05. The van der Waals surface area contributed by atoms with Crippen LogP contribution >= 0.6 is 0 Å². The van der Waals surface area contributed by atoms with Gasteiger partial charge in [0.1, 0.15) is 18.1 Å². The average Bonchev–Trinajstić information content (AvgIpc) is 2.43. The number of nitrogens with zero attached hydrogens (tertiary/aromatic N) is 3. The highest BCUT2D eigenvalue weighted by molar-refractivity contribution is 5.92. The van der Waals surface area contributed by atoms with E-state index in [9.17, 15) is 18.0 Å². The van der Waals surface area contributed by atoms with E-state index in [-0.39, 0.29) is 12.2 Å². The van der Waals surface area contributed by atoms with Gasteiger partial charge in [0, 0.05) is 13.1 Å². The molecule has 0 bridgehead atoms. The van der Waals surface area contributed by atoms with Gasteiger partial charge in [0.15, 0.2) is 0 Å². The van der Waals surface area contributed by atoms with Crippen molar-refractivity contribution in [2.24, 2.45) is 0 Å². The zero-order valence-corrected chi connectivity index (χ0v) is 12.1. The van der Waals surface area contributed by atoms with Crippen LogP contribution in [0.5, 0.6) is 0 Å². The summed E-state index contributed by atoms with van der Waals surface area (Å²) < 4.78 is 37.5. The highest BCUT2D eigenvalue weighted by Gasteiger charge is 2.33. The fraction of sp³-hybridized carbons (Fsp3) is 0.615. The highest BCUT2D eigenvalue weighted by atomic mass is 19.4. The van der Waals surface area contributed by atoms with Gasteiger partial charge in [0.2, 0.25) is 0 Å². The van der Waals surface area contributed by atoms with Crippen LogP contribution < -0.4 is 5.32 Å². The predicted octanol–water partition coefficient (Wildman–Crippen LogP) is 2.71. The molecule has 0 aliphatic heterocycles. The molecule has 1 N–H and O–H groups in total. The van der Waals surface area contributed by atoms with E-state index in [0.29, 0.717) is 18.8 Å². The fourth-order valence-corrected chi connectivity index (χ4v) is 1.71. The number of amides is 1. The van der Waals surface area contributed by atoms with E-state index in [1.807, 2.05) is 6.92 Å². The third-order valence-corrected chi connectivity index (χ3v) is 2.56. The van der Waals surface area contributed by atoms with E-state index < -0.39 is 18.6 Å². The quantitative estimate of drug-likeness (QED) is 0.841. The molecule has 0 aromatic carbocycles. The van der Waals surface area contributed by atoms with E-state index >= 15 is 0 Å². The van der Waals surface area contributed by atoms with Crippen LogP contribution in [-0.2, 0) is 0 Å². The lowest BCUT2D eigenvalue weighted by Gasteiger charge is -2.23. The number of anilines is 1. The Bertz CT molecular complexity index is 465. The van der Waals surface area contributed by atoms with Crippen molar-refractivity contribution in [3.05, 3.63) is 18.1 Å². The minimum absolute atomic E-state index is 0.0205. The van der Waals surface area contributed by atoms with Crippen LogP contribution in [0.4, 0.5) is 19.0 Å². The second-order valence-electron chi connectivity index (χ2n) is 4.56. The number of carbonyl (C=O) groups excluding carboxylic acids is 1. The first-order valence-electron chi connectivity index (χ1n) is 6.79. The molecule has 5 nitrogen and oxygen atoms in total. The number of rotatable bonds is 7. The Kier molecular flexibility index (Phi) is 6.39. The summed E-state index contributed by atoms with van der Waals surface area (Å²) in [5.41, 5.74) is -0.0891. The van der Waals surface area contributed by atoms with Gasteiger partial charge in [0.05, 0.1) is 12.4 Å². The smallest absolute Gasteiger partial charge is 0.369 e. The Balaban J connectivity index is 2.87. The van der Waals surface area contributed by atoms with Crippen molar-refractivity contribution in [2.75, 3.05) is 25.0 Å². The molecule has 0 saturated carbocycles. The molecular weight excluding hydrogens is 285 g/mol. The van der Waals surface area contributed by atoms with Gasteiger partial charge in [0.25, 0.3) is 5.91 Å². The van der Waals surface area contributed by atoms with Crippen LogP contribution in [0.1, 0.15) is 37.2 Å². The van der Waals surface area contributed by atoms with Crippen molar-refractivity contribution in [3.63, 3.8) is 0 Å². The van der Waals surface area contributed by atoms with Crippen molar-refractivity contribution >= 4 is 11.7 Å². The third kappa shape index (κ3) is 5.97. The van der Waals surface area contributed by atoms with Gasteiger partial charge in [-0.15, -0.1) is 0 Å². The SMILES string of the molecule is CCCNc1cncc(C(=O)N(CCC)CC(F)(F)F)n1. The molecule has 0 unspecified atom stereocenters. The molecule has 1 amide bonds. The number of aromatic nitrogens is 2. The molecule has 1 heterocycles. The number of carbonyl (C=O) groups is 1. The zero-order chi connectivity index (χ0) is 15.9. The minimum Gasteiger partial charge on any atom is -0.369 e. The molecule has 21 heavy (non-hydrogen) atoms. The Morgan fingerprint density at radius 2 is 2.00 bits per heavy atom. The lowest BCUT2D eigenvalue weighted by Crippen LogP contribution is -2.39. The van der Waals surface area contributed by atoms with E-state index in [4.69, 9.17) is 0 Å². The van der Waals surface area contributed by atoms with Gasteiger partial charge in [-0.1, -0.05) is 13.8 Å². The summed E-state index contributed by atoms with van der Waals surface area (Å²) in [6.07, 6.45) is -0.534. The van der Waals surface area contributed by atoms with Crippen molar-refractivity contribution in [1.82, 2.24) is 14.9 Å². The van der Waals surface area contributed by atoms with Crippen LogP contribution in [0.25, 0.3) is 0 Å². The summed E-state index contributed by atoms with van der Waals surface area (Å²) in [7, 11) is 0. The van der Waals surface area contributed by atoms with E-state index in [1.165, 1.54) is 12.4 Å². The molecule has 118 valence electrons. The third-order valence-electron chi connectivity index (χ3n) is 2.56. The first-order chi connectivity index (χ1) is 9.87. The lowest BCUT2D eigenvalue weighted by molar-refractivity contribution is -0.140. The maximum absolute atomic E-state index is 12.5. The van der Waals surface area contributed by atoms with Crippen LogP contribution in [0, 0.1) is 0 Å². The number of alkyl halides is 3. The largest absolute Gasteiger partial charge is 0.406 e. The lowest BCUT2D eigenvalue weighted by atomic mass is 10.3. The number of hydrogen-bond acceptors (Lipinski definition) is 4. The van der Waals surface area contributed by atoms with Crippen molar-refractivity contribution in [3.8, 4) is 0 Å². The van der Waals surface area contributed by atoms with Gasteiger partial charge in [-0.25, -0.2) is 4.98 Å². The molecule has 0 spiro atoms. The molecular formula is C13H19F3N4O. The Hall–Kier alpha value is -1.86. The summed E-state index contributed by atoms with van der Waals surface area (Å²) in [4.78, 5) is 20.7. The normalized spacial score (nSPS) is 11.3. The number of nitrogens with one attached hydrogen (secondary N) is 1. The molecule has 0 radical (unpaired) electrons. The van der Waals surface area contributed by atoms with Crippen molar-refractivity contribution in [1.29, 1.82) is 0 Å². The van der Waals surface area contributed by atoms with Gasteiger partial charge in [-0.2, -0.15) is 13.2 Å². The van der Waals surface area contributed by atoms with Crippen LogP contribution in [0.2, 0.25) is 0 Å². The van der Waals surface area contributed by atoms with Crippen LogP contribution in [0.3, 0.4) is 0 Å². The summed E-state index contributed by atoms with van der Waals surface area (Å²) >= 11 is 0. The van der Waals surface area contributed by atoms with Crippen LogP contribution in [-0.4, -0.2) is 46.6 Å². The Labute approximate surface area is 121 Å². The summed E-state index contributed by atoms with van der Waals surface area (Å²) in [5.74, 6) is -0.381. The van der Waals surface area contributed by atoms with Crippen molar-refractivity contribution < 1.29 is 18.0 Å². The topological polar surface area (TPSA) is 58.1 Å². The predicted molar refractivity (Wildman–Crippen MR) is 73.1 cm³/mol. The van der Waals surface area contributed by atoms with E-state index in [0.717, 1.165) is 11.3 Å². The van der Waals surface area contributed by atoms with Crippen LogP contribution in [0.15, 0.2) is 12.4 Å². The average molecular weight is 304 g/mol. The molecule has 1 aromatic rings. The Morgan fingerprint density at radius 1 is 1.29 bits per heavy atom. The molecule has 1 aromatic heterocycles. The molecule has 0 atom stereocenters. The minimum atomic E-state index is -4.43. The zero-order valence-electron chi connectivity index (χ0n) is 12.1. The second-order valence-corrected chi connectivity index (χ2v) is 4.56. The first-order valence-corrected chi connectivity index (χ1v) is 6.79. The molecule has 0 fully saturated rings. The molecule has 0 saturated heterocycles. The molecule has 8 heteroatoms. The van der Waals surface area contributed by atoms with Crippen molar-refractivity contribution in [2.45, 2.75) is 32.9 Å². The highest BCUT2D eigenvalue weighted by Crippen LogP contribution is 2.18. The number of halogens is 3.